The van der Waals surface area contributed by atoms with Crippen LogP contribution in [0.3, 0.4) is 0 Å². The molecule has 16 heavy (non-hydrogen) atoms. The standard InChI is InChI=1S/C9H9BrF3NO.ClH/c1-4-2-5(10)3-6(7(4)15)8(14)9(11,12)13;/h2-3,8,15H,14H2,1H3;1H/t8-;/m0./s1. The van der Waals surface area contributed by atoms with Crippen LogP contribution in [0.15, 0.2) is 16.6 Å². The second-order valence-corrected chi connectivity index (χ2v) is 4.10. The summed E-state index contributed by atoms with van der Waals surface area (Å²) in [6.45, 7) is 1.51. The lowest BCUT2D eigenvalue weighted by Gasteiger charge is -2.18. The van der Waals surface area contributed by atoms with Crippen LogP contribution >= 0.6 is 28.3 Å². The minimum atomic E-state index is -4.56. The van der Waals surface area contributed by atoms with Crippen LogP contribution in [0.5, 0.6) is 5.75 Å². The Morgan fingerprint density at radius 1 is 1.38 bits per heavy atom. The van der Waals surface area contributed by atoms with Gasteiger partial charge in [-0.2, -0.15) is 13.2 Å². The lowest BCUT2D eigenvalue weighted by Crippen LogP contribution is -2.28. The number of hydrogen-bond donors (Lipinski definition) is 2. The van der Waals surface area contributed by atoms with Crippen molar-refractivity contribution in [3.8, 4) is 5.75 Å². The van der Waals surface area contributed by atoms with E-state index < -0.39 is 18.0 Å². The Bertz CT molecular complexity index is 384. The van der Waals surface area contributed by atoms with Gasteiger partial charge in [0.15, 0.2) is 0 Å². The van der Waals surface area contributed by atoms with Crippen LogP contribution in [0.2, 0.25) is 0 Å². The second kappa shape index (κ2) is 5.25. The summed E-state index contributed by atoms with van der Waals surface area (Å²) in [6.07, 6.45) is -4.56. The van der Waals surface area contributed by atoms with Gasteiger partial charge in [0.25, 0.3) is 0 Å². The molecule has 0 aliphatic heterocycles. The first-order valence-electron chi connectivity index (χ1n) is 4.04. The number of phenolic OH excluding ortho intramolecular Hbond substituents is 1. The molecule has 1 aromatic rings. The first-order chi connectivity index (χ1) is 6.73. The van der Waals surface area contributed by atoms with Gasteiger partial charge in [-0.1, -0.05) is 15.9 Å². The fraction of sp³-hybridized carbons (Fsp3) is 0.333. The maximum Gasteiger partial charge on any atom is 0.407 e. The molecule has 3 N–H and O–H groups in total. The van der Waals surface area contributed by atoms with E-state index in [1.807, 2.05) is 0 Å². The molecule has 0 unspecified atom stereocenters. The highest BCUT2D eigenvalue weighted by Gasteiger charge is 2.39. The Labute approximate surface area is 105 Å². The highest BCUT2D eigenvalue weighted by molar-refractivity contribution is 9.10. The summed E-state index contributed by atoms with van der Waals surface area (Å²) in [5, 5.41) is 9.45. The molecule has 1 rings (SSSR count). The zero-order chi connectivity index (χ0) is 11.8. The van der Waals surface area contributed by atoms with Crippen molar-refractivity contribution in [2.45, 2.75) is 19.1 Å². The van der Waals surface area contributed by atoms with Crippen molar-refractivity contribution < 1.29 is 18.3 Å². The Balaban J connectivity index is 0.00000225. The number of aryl methyl sites for hydroxylation is 1. The number of benzene rings is 1. The summed E-state index contributed by atoms with van der Waals surface area (Å²) in [7, 11) is 0. The van der Waals surface area contributed by atoms with Gasteiger partial charge in [-0.05, 0) is 24.6 Å². The predicted molar refractivity (Wildman–Crippen MR) is 60.8 cm³/mol. The Morgan fingerprint density at radius 3 is 2.31 bits per heavy atom. The number of hydrogen-bond acceptors (Lipinski definition) is 2. The molecular weight excluding hydrogens is 310 g/mol. The summed E-state index contributed by atoms with van der Waals surface area (Å²) in [6, 6.07) is 0.510. The molecule has 0 aromatic heterocycles. The molecule has 0 fully saturated rings. The van der Waals surface area contributed by atoms with Gasteiger partial charge in [-0.3, -0.25) is 0 Å². The highest BCUT2D eigenvalue weighted by Crippen LogP contribution is 2.37. The van der Waals surface area contributed by atoms with Crippen LogP contribution in [0.25, 0.3) is 0 Å². The molecule has 0 bridgehead atoms. The molecule has 0 aliphatic carbocycles. The van der Waals surface area contributed by atoms with Gasteiger partial charge in [-0.15, -0.1) is 12.4 Å². The average Bonchev–Trinajstić information content (AvgIpc) is 2.08. The highest BCUT2D eigenvalue weighted by atomic mass is 79.9. The number of alkyl halides is 3. The SMILES string of the molecule is Cc1cc(Br)cc([C@H](N)C(F)(F)F)c1O.Cl. The van der Waals surface area contributed by atoms with Crippen LogP contribution in [-0.4, -0.2) is 11.3 Å². The van der Waals surface area contributed by atoms with Crippen molar-refractivity contribution in [2.24, 2.45) is 5.73 Å². The molecule has 0 aliphatic rings. The molecule has 92 valence electrons. The third-order valence-electron chi connectivity index (χ3n) is 1.98. The largest absolute Gasteiger partial charge is 0.507 e. The minimum Gasteiger partial charge on any atom is -0.507 e. The van der Waals surface area contributed by atoms with E-state index in [1.54, 1.807) is 0 Å². The number of halogens is 5. The van der Waals surface area contributed by atoms with E-state index in [-0.39, 0.29) is 18.0 Å². The van der Waals surface area contributed by atoms with Crippen LogP contribution < -0.4 is 5.73 Å². The maximum atomic E-state index is 12.3. The molecule has 1 aromatic carbocycles. The van der Waals surface area contributed by atoms with Crippen LogP contribution in [0, 0.1) is 6.92 Å². The Hall–Kier alpha value is -0.460. The van der Waals surface area contributed by atoms with Crippen molar-refractivity contribution in [2.75, 3.05) is 0 Å². The third-order valence-corrected chi connectivity index (χ3v) is 2.44. The summed E-state index contributed by atoms with van der Waals surface area (Å²) < 4.78 is 37.4. The van der Waals surface area contributed by atoms with Gasteiger partial charge in [0.1, 0.15) is 11.8 Å². The second-order valence-electron chi connectivity index (χ2n) is 3.18. The first-order valence-corrected chi connectivity index (χ1v) is 4.84. The zero-order valence-electron chi connectivity index (χ0n) is 8.18. The predicted octanol–water partition coefficient (Wildman–Crippen LogP) is 3.45. The quantitative estimate of drug-likeness (QED) is 0.832. The molecule has 2 nitrogen and oxygen atoms in total. The van der Waals surface area contributed by atoms with Gasteiger partial charge in [-0.25, -0.2) is 0 Å². The zero-order valence-corrected chi connectivity index (χ0v) is 10.6. The smallest absolute Gasteiger partial charge is 0.407 e. The maximum absolute atomic E-state index is 12.3. The first kappa shape index (κ1) is 15.5. The fourth-order valence-corrected chi connectivity index (χ4v) is 1.76. The van der Waals surface area contributed by atoms with E-state index in [1.165, 1.54) is 19.1 Å². The summed E-state index contributed by atoms with van der Waals surface area (Å²) >= 11 is 3.05. The topological polar surface area (TPSA) is 46.2 Å². The summed E-state index contributed by atoms with van der Waals surface area (Å²) in [5.41, 5.74) is 5.03. The van der Waals surface area contributed by atoms with E-state index >= 15 is 0 Å². The average molecular weight is 321 g/mol. The Kier molecular flexibility index (Phi) is 5.10. The lowest BCUT2D eigenvalue weighted by molar-refractivity contribution is -0.149. The fourth-order valence-electron chi connectivity index (χ4n) is 1.17. The van der Waals surface area contributed by atoms with Crippen LogP contribution in [-0.2, 0) is 0 Å². The van der Waals surface area contributed by atoms with Crippen molar-refractivity contribution in [3.05, 3.63) is 27.7 Å². The van der Waals surface area contributed by atoms with Crippen LogP contribution in [0.1, 0.15) is 17.2 Å². The van der Waals surface area contributed by atoms with Gasteiger partial charge < -0.3 is 10.8 Å². The van der Waals surface area contributed by atoms with E-state index in [9.17, 15) is 18.3 Å². The molecule has 0 saturated carbocycles. The van der Waals surface area contributed by atoms with Crippen LogP contribution in [0.4, 0.5) is 13.2 Å². The van der Waals surface area contributed by atoms with E-state index in [0.29, 0.717) is 10.0 Å². The van der Waals surface area contributed by atoms with Gasteiger partial charge in [0.2, 0.25) is 0 Å². The monoisotopic (exact) mass is 319 g/mol. The van der Waals surface area contributed by atoms with Gasteiger partial charge in [0, 0.05) is 10.0 Å². The minimum absolute atomic E-state index is 0. The Morgan fingerprint density at radius 2 is 1.88 bits per heavy atom. The molecule has 0 saturated heterocycles. The molecule has 7 heteroatoms. The van der Waals surface area contributed by atoms with E-state index in [0.717, 1.165) is 0 Å². The number of rotatable bonds is 1. The molecule has 0 amide bonds. The van der Waals surface area contributed by atoms with Gasteiger partial charge >= 0.3 is 6.18 Å². The molecular formula is C9H10BrClF3NO. The molecule has 0 spiro atoms. The molecule has 0 radical (unpaired) electrons. The van der Waals surface area contributed by atoms with Gasteiger partial charge in [0.05, 0.1) is 0 Å². The third kappa shape index (κ3) is 3.26. The van der Waals surface area contributed by atoms with Crippen molar-refractivity contribution in [3.63, 3.8) is 0 Å². The lowest BCUT2D eigenvalue weighted by atomic mass is 10.0. The summed E-state index contributed by atoms with van der Waals surface area (Å²) in [5.74, 6) is -0.414. The van der Waals surface area contributed by atoms with Crippen molar-refractivity contribution in [1.29, 1.82) is 0 Å². The molecule has 0 heterocycles. The van der Waals surface area contributed by atoms with Crippen molar-refractivity contribution >= 4 is 28.3 Å². The summed E-state index contributed by atoms with van der Waals surface area (Å²) in [4.78, 5) is 0. The van der Waals surface area contributed by atoms with Crippen molar-refractivity contribution in [1.82, 2.24) is 0 Å². The van der Waals surface area contributed by atoms with E-state index in [4.69, 9.17) is 5.73 Å². The number of phenols is 1. The normalized spacial score (nSPS) is 13.1. The number of nitrogens with two attached hydrogens (primary N) is 1. The van der Waals surface area contributed by atoms with E-state index in [2.05, 4.69) is 15.9 Å². The molecule has 1 atom stereocenters. The number of aromatic hydroxyl groups is 1.